The first kappa shape index (κ1) is 14.2. The normalized spacial score (nSPS) is 15.1. The van der Waals surface area contributed by atoms with Crippen LogP contribution in [0.3, 0.4) is 0 Å². The van der Waals surface area contributed by atoms with Crippen molar-refractivity contribution in [2.45, 2.75) is 39.0 Å². The van der Waals surface area contributed by atoms with Crippen LogP contribution >= 0.6 is 11.6 Å². The molecule has 0 saturated carbocycles. The maximum atomic E-state index is 11.1. The molecule has 1 aliphatic heterocycles. The van der Waals surface area contributed by atoms with Gasteiger partial charge in [-0.15, -0.1) is 0 Å². The predicted molar refractivity (Wildman–Crippen MR) is 75.4 cm³/mol. The van der Waals surface area contributed by atoms with Crippen LogP contribution in [0.15, 0.2) is 12.1 Å². The third-order valence-corrected chi connectivity index (χ3v) is 3.77. The molecule has 0 bridgehead atoms. The van der Waals surface area contributed by atoms with Crippen LogP contribution < -0.4 is 9.47 Å². The van der Waals surface area contributed by atoms with Crippen LogP contribution in [0.2, 0.25) is 5.02 Å². The van der Waals surface area contributed by atoms with Crippen molar-refractivity contribution >= 4 is 17.4 Å². The lowest BCUT2D eigenvalue weighted by Crippen LogP contribution is -2.16. The largest absolute Gasteiger partial charge is 0.486 e. The summed E-state index contributed by atoms with van der Waals surface area (Å²) in [6, 6.07) is 3.78. The number of carbonyl (C=O) groups excluding carboxylic acids is 1. The molecule has 2 rings (SSSR count). The smallest absolute Gasteiger partial charge is 0.162 e. The van der Waals surface area contributed by atoms with Gasteiger partial charge in [-0.1, -0.05) is 18.5 Å². The zero-order chi connectivity index (χ0) is 13.8. The summed E-state index contributed by atoms with van der Waals surface area (Å²) in [7, 11) is 0. The van der Waals surface area contributed by atoms with E-state index in [2.05, 4.69) is 6.92 Å². The number of halogens is 1. The summed E-state index contributed by atoms with van der Waals surface area (Å²) < 4.78 is 11.1. The predicted octanol–water partition coefficient (Wildman–Crippen LogP) is 3.97. The Balaban J connectivity index is 2.24. The Bertz CT molecular complexity index is 471. The minimum absolute atomic E-state index is 0.215. The number of benzene rings is 1. The van der Waals surface area contributed by atoms with Crippen LogP contribution in [0.5, 0.6) is 11.5 Å². The van der Waals surface area contributed by atoms with Gasteiger partial charge in [0.25, 0.3) is 0 Å². The first-order valence-corrected chi connectivity index (χ1v) is 7.08. The number of fused-ring (bicyclic) bond motifs is 1. The molecule has 0 saturated heterocycles. The zero-order valence-corrected chi connectivity index (χ0v) is 12.1. The average molecular weight is 283 g/mol. The van der Waals surface area contributed by atoms with Gasteiger partial charge in [0.05, 0.1) is 0 Å². The van der Waals surface area contributed by atoms with E-state index in [-0.39, 0.29) is 11.7 Å². The molecule has 104 valence electrons. The lowest BCUT2D eigenvalue weighted by Gasteiger charge is -2.22. The number of carbonyl (C=O) groups is 1. The maximum absolute atomic E-state index is 11.1. The Morgan fingerprint density at radius 1 is 1.32 bits per heavy atom. The average Bonchev–Trinajstić information content (AvgIpc) is 2.39. The van der Waals surface area contributed by atoms with Crippen LogP contribution in [0.25, 0.3) is 0 Å². The summed E-state index contributed by atoms with van der Waals surface area (Å²) in [6.07, 6.45) is 2.36. The summed E-state index contributed by atoms with van der Waals surface area (Å²) in [6.45, 7) is 4.86. The molecule has 0 aliphatic carbocycles. The molecule has 0 aromatic heterocycles. The van der Waals surface area contributed by atoms with Gasteiger partial charge in [0.15, 0.2) is 11.5 Å². The molecular formula is C15H19ClO3. The highest BCUT2D eigenvalue weighted by atomic mass is 35.5. The van der Waals surface area contributed by atoms with Crippen molar-refractivity contribution in [2.75, 3.05) is 13.2 Å². The molecule has 1 aromatic rings. The van der Waals surface area contributed by atoms with Gasteiger partial charge in [-0.2, -0.15) is 0 Å². The van der Waals surface area contributed by atoms with Gasteiger partial charge in [-0.25, -0.2) is 0 Å². The lowest BCUT2D eigenvalue weighted by molar-refractivity contribution is -0.117. The van der Waals surface area contributed by atoms with Crippen molar-refractivity contribution in [3.63, 3.8) is 0 Å². The van der Waals surface area contributed by atoms with E-state index in [1.165, 1.54) is 0 Å². The fraction of sp³-hybridized carbons (Fsp3) is 0.533. The second-order valence-corrected chi connectivity index (χ2v) is 5.27. The van der Waals surface area contributed by atoms with Crippen molar-refractivity contribution in [3.05, 3.63) is 22.7 Å². The zero-order valence-electron chi connectivity index (χ0n) is 11.4. The Hall–Kier alpha value is -1.22. The number of rotatable bonds is 5. The van der Waals surface area contributed by atoms with Crippen molar-refractivity contribution in [3.8, 4) is 11.5 Å². The van der Waals surface area contributed by atoms with Gasteiger partial charge in [0.1, 0.15) is 19.0 Å². The van der Waals surface area contributed by atoms with Gasteiger partial charge in [0.2, 0.25) is 0 Å². The standard InChI is InChI=1S/C15H19ClO3/c1-3-11(5-4-10(2)17)12-8-14-15(9-13(12)16)19-7-6-18-14/h8-9,11H,3-7H2,1-2H3. The van der Waals surface area contributed by atoms with Crippen molar-refractivity contribution < 1.29 is 14.3 Å². The monoisotopic (exact) mass is 282 g/mol. The Morgan fingerprint density at radius 3 is 2.53 bits per heavy atom. The molecule has 0 amide bonds. The van der Waals surface area contributed by atoms with E-state index in [1.54, 1.807) is 6.92 Å². The fourth-order valence-corrected chi connectivity index (χ4v) is 2.66. The van der Waals surface area contributed by atoms with Crippen LogP contribution in [0.1, 0.15) is 44.6 Å². The third-order valence-electron chi connectivity index (χ3n) is 3.44. The highest BCUT2D eigenvalue weighted by Gasteiger charge is 2.20. The molecule has 0 fully saturated rings. The summed E-state index contributed by atoms with van der Waals surface area (Å²) in [5, 5.41) is 0.694. The molecule has 1 heterocycles. The number of hydrogen-bond donors (Lipinski definition) is 0. The molecule has 0 radical (unpaired) electrons. The van der Waals surface area contributed by atoms with E-state index in [0.29, 0.717) is 30.4 Å². The van der Waals surface area contributed by atoms with E-state index in [0.717, 1.165) is 24.2 Å². The van der Waals surface area contributed by atoms with Crippen molar-refractivity contribution in [2.24, 2.45) is 0 Å². The van der Waals surface area contributed by atoms with Crippen LogP contribution in [-0.2, 0) is 4.79 Å². The molecule has 0 N–H and O–H groups in total. The Kier molecular flexibility index (Phi) is 4.70. The molecule has 0 spiro atoms. The van der Waals surface area contributed by atoms with E-state index in [9.17, 15) is 4.79 Å². The minimum atomic E-state index is 0.215. The minimum Gasteiger partial charge on any atom is -0.486 e. The molecule has 19 heavy (non-hydrogen) atoms. The van der Waals surface area contributed by atoms with Crippen LogP contribution in [-0.4, -0.2) is 19.0 Å². The van der Waals surface area contributed by atoms with Crippen LogP contribution in [0, 0.1) is 0 Å². The van der Waals surface area contributed by atoms with E-state index >= 15 is 0 Å². The van der Waals surface area contributed by atoms with Crippen LogP contribution in [0.4, 0.5) is 0 Å². The van der Waals surface area contributed by atoms with E-state index < -0.39 is 0 Å². The molecule has 1 aromatic carbocycles. The lowest BCUT2D eigenvalue weighted by atomic mass is 9.91. The first-order chi connectivity index (χ1) is 9.11. The Labute approximate surface area is 118 Å². The highest BCUT2D eigenvalue weighted by Crippen LogP contribution is 2.40. The quantitative estimate of drug-likeness (QED) is 0.819. The molecule has 1 unspecified atom stereocenters. The van der Waals surface area contributed by atoms with Gasteiger partial charge < -0.3 is 14.3 Å². The fourth-order valence-electron chi connectivity index (χ4n) is 2.35. The highest BCUT2D eigenvalue weighted by molar-refractivity contribution is 6.31. The van der Waals surface area contributed by atoms with Crippen molar-refractivity contribution in [1.29, 1.82) is 0 Å². The van der Waals surface area contributed by atoms with Gasteiger partial charge in [-0.05, 0) is 37.3 Å². The molecule has 3 nitrogen and oxygen atoms in total. The maximum Gasteiger partial charge on any atom is 0.162 e. The first-order valence-electron chi connectivity index (χ1n) is 6.70. The summed E-state index contributed by atoms with van der Waals surface area (Å²) in [5.41, 5.74) is 1.05. The number of Topliss-reactive ketones (excluding diaryl/α,β-unsaturated/α-hetero) is 1. The molecular weight excluding hydrogens is 264 g/mol. The summed E-state index contributed by atoms with van der Waals surface area (Å²) in [4.78, 5) is 11.1. The number of ketones is 1. The molecule has 1 aliphatic rings. The summed E-state index contributed by atoms with van der Waals surface area (Å²) in [5.74, 6) is 1.97. The topological polar surface area (TPSA) is 35.5 Å². The number of hydrogen-bond acceptors (Lipinski definition) is 3. The third kappa shape index (κ3) is 3.41. The van der Waals surface area contributed by atoms with E-state index in [1.807, 2.05) is 12.1 Å². The van der Waals surface area contributed by atoms with E-state index in [4.69, 9.17) is 21.1 Å². The second kappa shape index (κ2) is 6.29. The Morgan fingerprint density at radius 2 is 1.95 bits per heavy atom. The van der Waals surface area contributed by atoms with Gasteiger partial charge >= 0.3 is 0 Å². The van der Waals surface area contributed by atoms with Gasteiger partial charge in [-0.3, -0.25) is 0 Å². The van der Waals surface area contributed by atoms with Gasteiger partial charge in [0, 0.05) is 17.5 Å². The molecule has 1 atom stereocenters. The number of ether oxygens (including phenoxy) is 2. The summed E-state index contributed by atoms with van der Waals surface area (Å²) >= 11 is 6.33. The molecule has 4 heteroatoms. The second-order valence-electron chi connectivity index (χ2n) is 4.86. The SMILES string of the molecule is CCC(CCC(C)=O)c1cc2c(cc1Cl)OCCO2. The van der Waals surface area contributed by atoms with Crippen molar-refractivity contribution in [1.82, 2.24) is 0 Å².